The molecule has 0 spiro atoms. The van der Waals surface area contributed by atoms with E-state index in [2.05, 4.69) is 44.4 Å². The number of fused-ring (bicyclic) bond motifs is 1. The molecule has 2 aromatic heterocycles. The van der Waals surface area contributed by atoms with Crippen LogP contribution in [0.3, 0.4) is 0 Å². The molecular formula is C15H13BrN2O. The first-order valence-electron chi connectivity index (χ1n) is 6.06. The first kappa shape index (κ1) is 12.4. The summed E-state index contributed by atoms with van der Waals surface area (Å²) in [7, 11) is 1.92. The minimum atomic E-state index is -0.00935. The van der Waals surface area contributed by atoms with Crippen LogP contribution in [0.4, 0.5) is 0 Å². The van der Waals surface area contributed by atoms with Crippen molar-refractivity contribution in [2.45, 2.75) is 6.04 Å². The minimum Gasteiger partial charge on any atom is -0.452 e. The summed E-state index contributed by atoms with van der Waals surface area (Å²) in [6.07, 6.45) is 1.82. The fraction of sp³-hybridized carbons (Fsp3) is 0.133. The van der Waals surface area contributed by atoms with E-state index in [0.717, 1.165) is 26.9 Å². The third kappa shape index (κ3) is 2.29. The highest BCUT2D eigenvalue weighted by atomic mass is 79.9. The molecule has 96 valence electrons. The summed E-state index contributed by atoms with van der Waals surface area (Å²) in [6.45, 7) is 0. The van der Waals surface area contributed by atoms with Gasteiger partial charge in [0.25, 0.3) is 0 Å². The molecule has 0 saturated carbocycles. The van der Waals surface area contributed by atoms with Crippen molar-refractivity contribution in [1.29, 1.82) is 0 Å². The van der Waals surface area contributed by atoms with Crippen molar-refractivity contribution >= 4 is 26.8 Å². The highest BCUT2D eigenvalue weighted by Gasteiger charge is 2.18. The van der Waals surface area contributed by atoms with Gasteiger partial charge in [0.15, 0.2) is 4.67 Å². The van der Waals surface area contributed by atoms with Crippen LogP contribution in [-0.2, 0) is 0 Å². The van der Waals surface area contributed by atoms with Crippen LogP contribution in [0.2, 0.25) is 0 Å². The molecule has 0 fully saturated rings. The molecular weight excluding hydrogens is 304 g/mol. The van der Waals surface area contributed by atoms with Gasteiger partial charge in [-0.1, -0.05) is 24.3 Å². The molecule has 0 bridgehead atoms. The molecule has 2 heterocycles. The van der Waals surface area contributed by atoms with E-state index in [1.165, 1.54) is 0 Å². The number of hydrogen-bond acceptors (Lipinski definition) is 3. The molecule has 0 amide bonds. The lowest BCUT2D eigenvalue weighted by molar-refractivity contribution is 0.448. The topological polar surface area (TPSA) is 38.1 Å². The number of halogens is 1. The molecule has 3 aromatic rings. The van der Waals surface area contributed by atoms with Crippen molar-refractivity contribution in [3.8, 4) is 0 Å². The Morgan fingerprint density at radius 3 is 2.74 bits per heavy atom. The van der Waals surface area contributed by atoms with Crippen molar-refractivity contribution in [2.24, 2.45) is 0 Å². The number of pyridine rings is 1. The second-order valence-electron chi connectivity index (χ2n) is 4.29. The summed E-state index contributed by atoms with van der Waals surface area (Å²) in [5.41, 5.74) is 2.11. The van der Waals surface area contributed by atoms with Gasteiger partial charge >= 0.3 is 0 Å². The van der Waals surface area contributed by atoms with Gasteiger partial charge in [-0.05, 0) is 41.2 Å². The van der Waals surface area contributed by atoms with Gasteiger partial charge in [0.05, 0.1) is 11.6 Å². The van der Waals surface area contributed by atoms with Crippen LogP contribution in [0.1, 0.15) is 17.4 Å². The smallest absolute Gasteiger partial charge is 0.169 e. The Morgan fingerprint density at radius 2 is 2.00 bits per heavy atom. The van der Waals surface area contributed by atoms with Crippen LogP contribution in [0.5, 0.6) is 0 Å². The van der Waals surface area contributed by atoms with E-state index in [4.69, 9.17) is 4.42 Å². The Morgan fingerprint density at radius 1 is 1.16 bits per heavy atom. The molecule has 19 heavy (non-hydrogen) atoms. The van der Waals surface area contributed by atoms with Crippen molar-refractivity contribution in [3.63, 3.8) is 0 Å². The molecule has 3 rings (SSSR count). The van der Waals surface area contributed by atoms with E-state index >= 15 is 0 Å². The molecule has 1 aromatic carbocycles. The highest BCUT2D eigenvalue weighted by molar-refractivity contribution is 9.10. The summed E-state index contributed by atoms with van der Waals surface area (Å²) in [5.74, 6) is 0.868. The highest BCUT2D eigenvalue weighted by Crippen LogP contribution is 2.29. The molecule has 0 radical (unpaired) electrons. The van der Waals surface area contributed by atoms with E-state index in [0.29, 0.717) is 0 Å². The number of rotatable bonds is 3. The predicted molar refractivity (Wildman–Crippen MR) is 79.1 cm³/mol. The van der Waals surface area contributed by atoms with Gasteiger partial charge in [-0.3, -0.25) is 4.98 Å². The summed E-state index contributed by atoms with van der Waals surface area (Å²) in [5, 5.41) is 4.42. The number of nitrogens with one attached hydrogen (secondary N) is 1. The maximum atomic E-state index is 5.67. The zero-order chi connectivity index (χ0) is 13.2. The van der Waals surface area contributed by atoms with E-state index in [9.17, 15) is 0 Å². The molecule has 0 aliphatic rings. The Balaban J connectivity index is 2.16. The largest absolute Gasteiger partial charge is 0.452 e. The minimum absolute atomic E-state index is 0.00935. The van der Waals surface area contributed by atoms with Crippen LogP contribution in [0.25, 0.3) is 10.9 Å². The van der Waals surface area contributed by atoms with Gasteiger partial charge in [0.1, 0.15) is 5.76 Å². The third-order valence-corrected chi connectivity index (χ3v) is 3.57. The lowest BCUT2D eigenvalue weighted by Crippen LogP contribution is -2.17. The standard InChI is InChI=1S/C15H13BrN2O/c1-17-15(12-7-8-13(16)19-12)11-6-2-4-10-5-3-9-18-14(10)11/h2-9,15,17H,1H3. The molecule has 0 aliphatic carbocycles. The number of hydrogen-bond donors (Lipinski definition) is 1. The molecule has 0 saturated heterocycles. The summed E-state index contributed by atoms with van der Waals surface area (Å²) in [4.78, 5) is 4.49. The number of furan rings is 1. The van der Waals surface area contributed by atoms with Crippen LogP contribution in [0.15, 0.2) is 57.7 Å². The zero-order valence-corrected chi connectivity index (χ0v) is 12.0. The maximum Gasteiger partial charge on any atom is 0.169 e. The van der Waals surface area contributed by atoms with Crippen LogP contribution in [-0.4, -0.2) is 12.0 Å². The second-order valence-corrected chi connectivity index (χ2v) is 5.07. The maximum absolute atomic E-state index is 5.67. The van der Waals surface area contributed by atoms with E-state index < -0.39 is 0 Å². The molecule has 1 N–H and O–H groups in total. The van der Waals surface area contributed by atoms with Crippen molar-refractivity contribution in [1.82, 2.24) is 10.3 Å². The van der Waals surface area contributed by atoms with E-state index in [-0.39, 0.29) is 6.04 Å². The van der Waals surface area contributed by atoms with E-state index in [1.807, 2.05) is 37.5 Å². The normalized spacial score (nSPS) is 12.7. The second kappa shape index (κ2) is 5.15. The van der Waals surface area contributed by atoms with Gasteiger partial charge in [0.2, 0.25) is 0 Å². The number of benzene rings is 1. The lowest BCUT2D eigenvalue weighted by Gasteiger charge is -2.15. The molecule has 3 nitrogen and oxygen atoms in total. The number of para-hydroxylation sites is 1. The monoisotopic (exact) mass is 316 g/mol. The Bertz CT molecular complexity index is 703. The SMILES string of the molecule is CNC(c1ccc(Br)o1)c1cccc2cccnc12. The van der Waals surface area contributed by atoms with Crippen LogP contribution in [0, 0.1) is 0 Å². The summed E-state index contributed by atoms with van der Waals surface area (Å²) in [6, 6.07) is 14.1. The Kier molecular flexibility index (Phi) is 3.36. The number of aromatic nitrogens is 1. The van der Waals surface area contributed by atoms with Gasteiger partial charge in [0, 0.05) is 17.1 Å². The first-order valence-corrected chi connectivity index (χ1v) is 6.85. The molecule has 4 heteroatoms. The van der Waals surface area contributed by atoms with Gasteiger partial charge in [-0.25, -0.2) is 0 Å². The Labute approximate surface area is 119 Å². The number of nitrogens with zero attached hydrogens (tertiary/aromatic N) is 1. The predicted octanol–water partition coefficient (Wildman–Crippen LogP) is 3.90. The van der Waals surface area contributed by atoms with Gasteiger partial charge in [-0.15, -0.1) is 0 Å². The van der Waals surface area contributed by atoms with Crippen molar-refractivity contribution in [3.05, 3.63) is 64.7 Å². The van der Waals surface area contributed by atoms with Crippen LogP contribution >= 0.6 is 15.9 Å². The van der Waals surface area contributed by atoms with Crippen molar-refractivity contribution < 1.29 is 4.42 Å². The summed E-state index contributed by atoms with van der Waals surface area (Å²) < 4.78 is 6.40. The zero-order valence-electron chi connectivity index (χ0n) is 10.4. The average molecular weight is 317 g/mol. The Hall–Kier alpha value is -1.65. The fourth-order valence-corrected chi connectivity index (χ4v) is 2.61. The average Bonchev–Trinajstić information content (AvgIpc) is 2.86. The van der Waals surface area contributed by atoms with Gasteiger partial charge < -0.3 is 9.73 Å². The van der Waals surface area contributed by atoms with Crippen molar-refractivity contribution in [2.75, 3.05) is 7.05 Å². The first-order chi connectivity index (χ1) is 9.29. The molecule has 1 unspecified atom stereocenters. The van der Waals surface area contributed by atoms with Crippen LogP contribution < -0.4 is 5.32 Å². The quantitative estimate of drug-likeness (QED) is 0.796. The third-order valence-electron chi connectivity index (χ3n) is 3.14. The molecule has 1 atom stereocenters. The van der Waals surface area contributed by atoms with Gasteiger partial charge in [-0.2, -0.15) is 0 Å². The fourth-order valence-electron chi connectivity index (χ4n) is 2.30. The van der Waals surface area contributed by atoms with E-state index in [1.54, 1.807) is 0 Å². The summed E-state index contributed by atoms with van der Waals surface area (Å²) >= 11 is 3.34. The molecule has 0 aliphatic heterocycles. The lowest BCUT2D eigenvalue weighted by atomic mass is 10.0.